The molecule has 0 radical (unpaired) electrons. The Kier molecular flexibility index (Phi) is 2.87. The summed E-state index contributed by atoms with van der Waals surface area (Å²) in [6, 6.07) is 0.719. The minimum Gasteiger partial charge on any atom is -0.329 e. The topological polar surface area (TPSA) is 60.6 Å². The SMILES string of the molecule is Cc1nnc(Cn2cnc(CNC3CC3)c2)n1C. The maximum Gasteiger partial charge on any atom is 0.152 e. The van der Waals surface area contributed by atoms with Gasteiger partial charge >= 0.3 is 0 Å². The molecule has 0 saturated heterocycles. The summed E-state index contributed by atoms with van der Waals surface area (Å²) in [5.74, 6) is 1.88. The minimum atomic E-state index is 0.716. The summed E-state index contributed by atoms with van der Waals surface area (Å²) >= 11 is 0. The summed E-state index contributed by atoms with van der Waals surface area (Å²) in [4.78, 5) is 4.39. The Labute approximate surface area is 106 Å². The molecule has 2 heterocycles. The van der Waals surface area contributed by atoms with E-state index in [9.17, 15) is 0 Å². The van der Waals surface area contributed by atoms with Gasteiger partial charge in [-0.15, -0.1) is 10.2 Å². The molecule has 1 saturated carbocycles. The number of nitrogens with zero attached hydrogens (tertiary/aromatic N) is 5. The van der Waals surface area contributed by atoms with Crippen molar-refractivity contribution in [3.63, 3.8) is 0 Å². The third-order valence-corrected chi connectivity index (χ3v) is 3.34. The van der Waals surface area contributed by atoms with E-state index in [4.69, 9.17) is 0 Å². The number of hydrogen-bond donors (Lipinski definition) is 1. The van der Waals surface area contributed by atoms with E-state index in [2.05, 4.69) is 26.7 Å². The van der Waals surface area contributed by atoms with E-state index in [1.807, 2.05) is 29.4 Å². The van der Waals surface area contributed by atoms with Crippen molar-refractivity contribution in [2.24, 2.45) is 7.05 Å². The van der Waals surface area contributed by atoms with Gasteiger partial charge in [0, 0.05) is 25.8 Å². The molecular weight excluding hydrogens is 228 g/mol. The van der Waals surface area contributed by atoms with E-state index < -0.39 is 0 Å². The minimum absolute atomic E-state index is 0.716. The van der Waals surface area contributed by atoms with Crippen molar-refractivity contribution < 1.29 is 0 Å². The number of hydrogen-bond acceptors (Lipinski definition) is 4. The molecule has 3 rings (SSSR count). The summed E-state index contributed by atoms with van der Waals surface area (Å²) in [6.45, 7) is 3.53. The van der Waals surface area contributed by atoms with Gasteiger partial charge in [-0.2, -0.15) is 0 Å². The summed E-state index contributed by atoms with van der Waals surface area (Å²) in [5.41, 5.74) is 1.08. The Morgan fingerprint density at radius 1 is 1.39 bits per heavy atom. The largest absolute Gasteiger partial charge is 0.329 e. The van der Waals surface area contributed by atoms with Crippen LogP contribution >= 0.6 is 0 Å². The third kappa shape index (κ3) is 2.43. The molecule has 0 atom stereocenters. The number of aryl methyl sites for hydroxylation is 1. The lowest BCUT2D eigenvalue weighted by Gasteiger charge is -2.02. The van der Waals surface area contributed by atoms with Gasteiger partial charge in [0.1, 0.15) is 5.82 Å². The summed E-state index contributed by atoms with van der Waals surface area (Å²) in [7, 11) is 1.98. The van der Waals surface area contributed by atoms with Crippen molar-refractivity contribution in [2.75, 3.05) is 0 Å². The lowest BCUT2D eigenvalue weighted by Crippen LogP contribution is -2.15. The highest BCUT2D eigenvalue weighted by molar-refractivity contribution is 5.01. The highest BCUT2D eigenvalue weighted by Crippen LogP contribution is 2.19. The van der Waals surface area contributed by atoms with Crippen molar-refractivity contribution in [2.45, 2.75) is 38.9 Å². The molecule has 0 aliphatic heterocycles. The number of rotatable bonds is 5. The highest BCUT2D eigenvalue weighted by Gasteiger charge is 2.20. The van der Waals surface area contributed by atoms with Crippen LogP contribution in [0.25, 0.3) is 0 Å². The monoisotopic (exact) mass is 246 g/mol. The molecule has 1 aliphatic carbocycles. The molecule has 2 aromatic heterocycles. The highest BCUT2D eigenvalue weighted by atomic mass is 15.3. The van der Waals surface area contributed by atoms with Gasteiger partial charge < -0.3 is 14.5 Å². The first-order valence-corrected chi connectivity index (χ1v) is 6.31. The van der Waals surface area contributed by atoms with E-state index in [0.717, 1.165) is 29.9 Å². The molecule has 0 unspecified atom stereocenters. The molecule has 0 aromatic carbocycles. The molecule has 18 heavy (non-hydrogen) atoms. The molecule has 2 aromatic rings. The van der Waals surface area contributed by atoms with Crippen molar-refractivity contribution in [1.29, 1.82) is 0 Å². The molecule has 1 N–H and O–H groups in total. The predicted octanol–water partition coefficient (Wildman–Crippen LogP) is 0.620. The smallest absolute Gasteiger partial charge is 0.152 e. The normalized spacial score (nSPS) is 15.2. The Morgan fingerprint density at radius 2 is 2.22 bits per heavy atom. The lowest BCUT2D eigenvalue weighted by molar-refractivity contribution is 0.671. The van der Waals surface area contributed by atoms with Crippen LogP contribution in [0.4, 0.5) is 0 Å². The molecule has 96 valence electrons. The van der Waals surface area contributed by atoms with Crippen LogP contribution in [0, 0.1) is 6.92 Å². The van der Waals surface area contributed by atoms with E-state index in [0.29, 0.717) is 6.54 Å². The molecule has 0 amide bonds. The van der Waals surface area contributed by atoms with Crippen LogP contribution in [0.15, 0.2) is 12.5 Å². The summed E-state index contributed by atoms with van der Waals surface area (Å²) in [6.07, 6.45) is 6.53. The second-order valence-corrected chi connectivity index (χ2v) is 4.91. The van der Waals surface area contributed by atoms with Gasteiger partial charge in [0.05, 0.1) is 18.6 Å². The van der Waals surface area contributed by atoms with Gasteiger partial charge in [0.2, 0.25) is 0 Å². The van der Waals surface area contributed by atoms with Crippen LogP contribution in [-0.2, 0) is 20.1 Å². The van der Waals surface area contributed by atoms with Crippen LogP contribution in [0.1, 0.15) is 30.2 Å². The van der Waals surface area contributed by atoms with Gasteiger partial charge in [0.25, 0.3) is 0 Å². The fourth-order valence-electron chi connectivity index (χ4n) is 1.87. The van der Waals surface area contributed by atoms with Gasteiger partial charge in [-0.25, -0.2) is 4.98 Å². The fourth-order valence-corrected chi connectivity index (χ4v) is 1.87. The predicted molar refractivity (Wildman–Crippen MR) is 66.9 cm³/mol. The standard InChI is InChI=1S/C12H18N6/c1-9-15-16-12(17(9)2)7-18-6-11(14-8-18)5-13-10-3-4-10/h6,8,10,13H,3-5,7H2,1-2H3. The molecule has 1 fully saturated rings. The van der Waals surface area contributed by atoms with Crippen molar-refractivity contribution in [3.8, 4) is 0 Å². The van der Waals surface area contributed by atoms with Gasteiger partial charge in [-0.05, 0) is 19.8 Å². The molecular formula is C12H18N6. The average molecular weight is 246 g/mol. The molecule has 6 heteroatoms. The zero-order chi connectivity index (χ0) is 12.5. The van der Waals surface area contributed by atoms with Crippen LogP contribution in [0.5, 0.6) is 0 Å². The second kappa shape index (κ2) is 4.53. The molecule has 6 nitrogen and oxygen atoms in total. The average Bonchev–Trinajstić information content (AvgIpc) is 3.02. The quantitative estimate of drug-likeness (QED) is 0.840. The zero-order valence-electron chi connectivity index (χ0n) is 10.8. The third-order valence-electron chi connectivity index (χ3n) is 3.34. The first-order chi connectivity index (χ1) is 8.72. The number of imidazole rings is 1. The lowest BCUT2D eigenvalue weighted by atomic mass is 10.4. The molecule has 0 spiro atoms. The Hall–Kier alpha value is -1.69. The summed E-state index contributed by atoms with van der Waals surface area (Å²) in [5, 5.41) is 11.7. The molecule has 0 bridgehead atoms. The Morgan fingerprint density at radius 3 is 2.89 bits per heavy atom. The van der Waals surface area contributed by atoms with Crippen LogP contribution in [0.3, 0.4) is 0 Å². The van der Waals surface area contributed by atoms with Crippen molar-refractivity contribution in [3.05, 3.63) is 29.9 Å². The van der Waals surface area contributed by atoms with E-state index in [-0.39, 0.29) is 0 Å². The first-order valence-electron chi connectivity index (χ1n) is 6.31. The second-order valence-electron chi connectivity index (χ2n) is 4.91. The van der Waals surface area contributed by atoms with Crippen molar-refractivity contribution in [1.82, 2.24) is 29.6 Å². The van der Waals surface area contributed by atoms with E-state index in [1.54, 1.807) is 0 Å². The van der Waals surface area contributed by atoms with Crippen LogP contribution in [0.2, 0.25) is 0 Å². The van der Waals surface area contributed by atoms with Gasteiger partial charge in [0.15, 0.2) is 5.82 Å². The molecule has 1 aliphatic rings. The van der Waals surface area contributed by atoms with Crippen molar-refractivity contribution >= 4 is 0 Å². The number of aromatic nitrogens is 5. The van der Waals surface area contributed by atoms with Gasteiger partial charge in [-0.1, -0.05) is 0 Å². The first kappa shape index (κ1) is 11.4. The van der Waals surface area contributed by atoms with E-state index in [1.165, 1.54) is 12.8 Å². The maximum absolute atomic E-state index is 4.39. The maximum atomic E-state index is 4.39. The Bertz CT molecular complexity index is 537. The fraction of sp³-hybridized carbons (Fsp3) is 0.583. The van der Waals surface area contributed by atoms with Crippen LogP contribution < -0.4 is 5.32 Å². The Balaban J connectivity index is 1.63. The number of nitrogens with one attached hydrogen (secondary N) is 1. The zero-order valence-corrected chi connectivity index (χ0v) is 10.8. The van der Waals surface area contributed by atoms with Crippen LogP contribution in [-0.4, -0.2) is 30.4 Å². The summed E-state index contributed by atoms with van der Waals surface area (Å²) < 4.78 is 4.05. The van der Waals surface area contributed by atoms with E-state index >= 15 is 0 Å². The van der Waals surface area contributed by atoms with Gasteiger partial charge in [-0.3, -0.25) is 0 Å².